The fourth-order valence-electron chi connectivity index (χ4n) is 4.09. The van der Waals surface area contributed by atoms with Crippen LogP contribution in [0.15, 0.2) is 42.7 Å². The highest BCUT2D eigenvalue weighted by atomic mass is 35.5. The van der Waals surface area contributed by atoms with E-state index < -0.39 is 0 Å². The third-order valence-electron chi connectivity index (χ3n) is 5.61. The summed E-state index contributed by atoms with van der Waals surface area (Å²) in [6.07, 6.45) is 5.83. The van der Waals surface area contributed by atoms with Gasteiger partial charge in [0, 0.05) is 35.7 Å². The minimum absolute atomic E-state index is 0.268. The number of fused-ring (bicyclic) bond motifs is 2. The van der Waals surface area contributed by atoms with Crippen LogP contribution in [-0.4, -0.2) is 25.2 Å². The van der Waals surface area contributed by atoms with Crippen LogP contribution in [0.2, 0.25) is 5.02 Å². The molecule has 1 aromatic carbocycles. The molecule has 0 bridgehead atoms. The number of rotatable bonds is 4. The van der Waals surface area contributed by atoms with E-state index in [1.54, 1.807) is 6.20 Å². The molecule has 0 unspecified atom stereocenters. The average Bonchev–Trinajstić information content (AvgIpc) is 3.38. The SMILES string of the molecule is Cc1ccc(NC(=O)c2cnc3c(c(C)cn3Cc3cc4n(n3)CCC4)c2Cl)cc1. The van der Waals surface area contributed by atoms with E-state index in [2.05, 4.69) is 25.6 Å². The fourth-order valence-corrected chi connectivity index (χ4v) is 4.46. The predicted molar refractivity (Wildman–Crippen MR) is 118 cm³/mol. The van der Waals surface area contributed by atoms with E-state index in [0.29, 0.717) is 17.1 Å². The van der Waals surface area contributed by atoms with E-state index in [0.717, 1.165) is 46.5 Å². The molecule has 1 aliphatic rings. The quantitative estimate of drug-likeness (QED) is 0.519. The zero-order chi connectivity index (χ0) is 20.8. The topological polar surface area (TPSA) is 64.7 Å². The van der Waals surface area contributed by atoms with Gasteiger partial charge in [-0.2, -0.15) is 5.10 Å². The number of anilines is 1. The number of carbonyl (C=O) groups is 1. The van der Waals surface area contributed by atoms with Crippen molar-refractivity contribution in [2.45, 2.75) is 39.8 Å². The number of nitrogens with zero attached hydrogens (tertiary/aromatic N) is 4. The molecular formula is C23H22ClN5O. The molecule has 3 aromatic heterocycles. The number of benzene rings is 1. The molecule has 0 atom stereocenters. The van der Waals surface area contributed by atoms with E-state index in [9.17, 15) is 4.79 Å². The highest BCUT2D eigenvalue weighted by Crippen LogP contribution is 2.31. The first-order chi connectivity index (χ1) is 14.5. The van der Waals surface area contributed by atoms with Crippen molar-refractivity contribution in [3.05, 3.63) is 75.8 Å². The zero-order valence-corrected chi connectivity index (χ0v) is 17.7. The first-order valence-corrected chi connectivity index (χ1v) is 10.4. The number of carbonyl (C=O) groups excluding carboxylic acids is 1. The molecule has 1 aliphatic heterocycles. The lowest BCUT2D eigenvalue weighted by atomic mass is 10.1. The van der Waals surface area contributed by atoms with Crippen LogP contribution in [-0.2, 0) is 19.5 Å². The first-order valence-electron chi connectivity index (χ1n) is 10.1. The Labute approximate surface area is 179 Å². The van der Waals surface area contributed by atoms with Crippen LogP contribution in [0.5, 0.6) is 0 Å². The van der Waals surface area contributed by atoms with Gasteiger partial charge in [-0.05, 0) is 50.5 Å². The summed E-state index contributed by atoms with van der Waals surface area (Å²) in [5.74, 6) is -0.268. The number of halogens is 1. The van der Waals surface area contributed by atoms with Gasteiger partial charge >= 0.3 is 0 Å². The molecule has 0 aliphatic carbocycles. The predicted octanol–water partition coefficient (Wildman–Crippen LogP) is 4.75. The maximum absolute atomic E-state index is 12.8. The van der Waals surface area contributed by atoms with Crippen molar-refractivity contribution < 1.29 is 4.79 Å². The lowest BCUT2D eigenvalue weighted by Gasteiger charge is -2.09. The molecule has 4 aromatic rings. The van der Waals surface area contributed by atoms with Gasteiger partial charge in [0.2, 0.25) is 0 Å². The van der Waals surface area contributed by atoms with Crippen molar-refractivity contribution in [2.24, 2.45) is 0 Å². The molecule has 0 spiro atoms. The number of hydrogen-bond acceptors (Lipinski definition) is 3. The van der Waals surface area contributed by atoms with Gasteiger partial charge in [0.05, 0.1) is 22.8 Å². The van der Waals surface area contributed by atoms with Crippen molar-refractivity contribution in [3.8, 4) is 0 Å². The summed E-state index contributed by atoms with van der Waals surface area (Å²) < 4.78 is 4.14. The second-order valence-electron chi connectivity index (χ2n) is 7.90. The molecule has 1 amide bonds. The number of pyridine rings is 1. The van der Waals surface area contributed by atoms with Crippen LogP contribution >= 0.6 is 11.6 Å². The van der Waals surface area contributed by atoms with Crippen LogP contribution in [0.3, 0.4) is 0 Å². The van der Waals surface area contributed by atoms with E-state index in [-0.39, 0.29) is 5.91 Å². The maximum Gasteiger partial charge on any atom is 0.258 e. The molecule has 1 N–H and O–H groups in total. The normalized spacial score (nSPS) is 13.0. The summed E-state index contributed by atoms with van der Waals surface area (Å²) >= 11 is 6.68. The minimum atomic E-state index is -0.268. The van der Waals surface area contributed by atoms with E-state index in [1.165, 1.54) is 12.1 Å². The largest absolute Gasteiger partial charge is 0.326 e. The summed E-state index contributed by atoms with van der Waals surface area (Å²) in [6.45, 7) is 5.61. The van der Waals surface area contributed by atoms with E-state index in [1.807, 2.05) is 44.3 Å². The number of aromatic nitrogens is 4. The molecule has 6 nitrogen and oxygen atoms in total. The molecule has 7 heteroatoms. The lowest BCUT2D eigenvalue weighted by Crippen LogP contribution is -2.13. The van der Waals surface area contributed by atoms with Crippen LogP contribution < -0.4 is 5.32 Å². The Morgan fingerprint density at radius 3 is 2.80 bits per heavy atom. The summed E-state index contributed by atoms with van der Waals surface area (Å²) in [5, 5.41) is 8.82. The molecule has 0 saturated heterocycles. The van der Waals surface area contributed by atoms with Gasteiger partial charge in [0.25, 0.3) is 5.91 Å². The Kier molecular flexibility index (Phi) is 4.59. The standard InChI is InChI=1S/C23H22ClN5O/c1-14-5-7-16(8-6-14)26-23(30)19-11-25-22-20(21(19)24)15(2)12-28(22)13-17-10-18-4-3-9-29(18)27-17/h5-8,10-12H,3-4,9,13H2,1-2H3,(H,26,30). The Morgan fingerprint density at radius 1 is 1.23 bits per heavy atom. The van der Waals surface area contributed by atoms with Gasteiger partial charge in [0.15, 0.2) is 0 Å². The second kappa shape index (κ2) is 7.29. The molecule has 0 fully saturated rings. The zero-order valence-electron chi connectivity index (χ0n) is 16.9. The van der Waals surface area contributed by atoms with Gasteiger partial charge in [-0.1, -0.05) is 29.3 Å². The number of aryl methyl sites for hydroxylation is 4. The molecule has 30 heavy (non-hydrogen) atoms. The summed E-state index contributed by atoms with van der Waals surface area (Å²) in [5.41, 5.74) is 6.28. The summed E-state index contributed by atoms with van der Waals surface area (Å²) in [6, 6.07) is 9.82. The van der Waals surface area contributed by atoms with Crippen molar-refractivity contribution >= 4 is 34.2 Å². The first kappa shape index (κ1) is 18.9. The highest BCUT2D eigenvalue weighted by Gasteiger charge is 2.20. The minimum Gasteiger partial charge on any atom is -0.326 e. The molecule has 0 saturated carbocycles. The summed E-state index contributed by atoms with van der Waals surface area (Å²) in [7, 11) is 0. The molecule has 4 heterocycles. The van der Waals surface area contributed by atoms with Crippen LogP contribution in [0.25, 0.3) is 11.0 Å². The number of nitrogens with one attached hydrogen (secondary N) is 1. The Balaban J connectivity index is 1.46. The highest BCUT2D eigenvalue weighted by molar-refractivity contribution is 6.39. The van der Waals surface area contributed by atoms with Crippen LogP contribution in [0, 0.1) is 13.8 Å². The maximum atomic E-state index is 12.8. The van der Waals surface area contributed by atoms with E-state index >= 15 is 0 Å². The van der Waals surface area contributed by atoms with Gasteiger partial charge in [0.1, 0.15) is 5.65 Å². The Bertz CT molecular complexity index is 1250. The molecule has 0 radical (unpaired) electrons. The third kappa shape index (κ3) is 3.27. The average molecular weight is 420 g/mol. The smallest absolute Gasteiger partial charge is 0.258 e. The van der Waals surface area contributed by atoms with Crippen molar-refractivity contribution in [3.63, 3.8) is 0 Å². The van der Waals surface area contributed by atoms with E-state index in [4.69, 9.17) is 16.7 Å². The van der Waals surface area contributed by atoms with Gasteiger partial charge < -0.3 is 9.88 Å². The third-order valence-corrected chi connectivity index (χ3v) is 6.01. The van der Waals surface area contributed by atoms with Gasteiger partial charge in [-0.15, -0.1) is 0 Å². The second-order valence-corrected chi connectivity index (χ2v) is 8.28. The molecular weight excluding hydrogens is 398 g/mol. The summed E-state index contributed by atoms with van der Waals surface area (Å²) in [4.78, 5) is 17.4. The van der Waals surface area contributed by atoms with Crippen molar-refractivity contribution in [1.82, 2.24) is 19.3 Å². The van der Waals surface area contributed by atoms with Crippen LogP contribution in [0.4, 0.5) is 5.69 Å². The Morgan fingerprint density at radius 2 is 2.03 bits per heavy atom. The van der Waals surface area contributed by atoms with Gasteiger partial charge in [-0.25, -0.2) is 4.98 Å². The molecule has 5 rings (SSSR count). The fraction of sp³-hybridized carbons (Fsp3) is 0.261. The van der Waals surface area contributed by atoms with Crippen LogP contribution in [0.1, 0.15) is 39.3 Å². The number of amides is 1. The number of hydrogen-bond donors (Lipinski definition) is 1. The molecule has 152 valence electrons. The Hall–Kier alpha value is -3.12. The monoisotopic (exact) mass is 419 g/mol. The lowest BCUT2D eigenvalue weighted by molar-refractivity contribution is 0.102. The van der Waals surface area contributed by atoms with Gasteiger partial charge in [-0.3, -0.25) is 9.48 Å². The van der Waals surface area contributed by atoms with Crippen molar-refractivity contribution in [2.75, 3.05) is 5.32 Å². The van der Waals surface area contributed by atoms with Crippen molar-refractivity contribution in [1.29, 1.82) is 0 Å².